The third-order valence-corrected chi connectivity index (χ3v) is 2.57. The van der Waals surface area contributed by atoms with E-state index in [1.807, 2.05) is 0 Å². The molecule has 0 amide bonds. The van der Waals surface area contributed by atoms with E-state index in [-0.39, 0.29) is 0 Å². The van der Waals surface area contributed by atoms with Crippen molar-refractivity contribution in [2.45, 2.75) is 52.4 Å². The van der Waals surface area contributed by atoms with E-state index in [0.717, 1.165) is 25.7 Å². The molecule has 0 N–H and O–H groups in total. The maximum atomic E-state index is 11.0. The van der Waals surface area contributed by atoms with Crippen LogP contribution in [-0.4, -0.2) is 17.4 Å². The van der Waals surface area contributed by atoms with E-state index >= 15 is 0 Å². The molecule has 0 saturated heterocycles. The van der Waals surface area contributed by atoms with Gasteiger partial charge < -0.3 is 0 Å². The van der Waals surface area contributed by atoms with Gasteiger partial charge in [-0.1, -0.05) is 39.5 Å². The van der Waals surface area contributed by atoms with Gasteiger partial charge in [-0.15, -0.1) is 0 Å². The lowest BCUT2D eigenvalue weighted by molar-refractivity contribution is 0.242. The predicted octanol–water partition coefficient (Wildman–Crippen LogP) is 2.98. The van der Waals surface area contributed by atoms with Crippen LogP contribution in [0.15, 0.2) is 0 Å². The van der Waals surface area contributed by atoms with E-state index in [9.17, 15) is 4.21 Å². The van der Waals surface area contributed by atoms with Crippen LogP contribution in [0.2, 0.25) is 0 Å². The SMILES string of the molecule is CCCCCCOS(=O)OCCCC. The van der Waals surface area contributed by atoms with E-state index in [1.165, 1.54) is 12.8 Å². The molecule has 0 aliphatic rings. The molecule has 0 aliphatic heterocycles. The summed E-state index contributed by atoms with van der Waals surface area (Å²) in [5.74, 6) is 0. The first-order chi connectivity index (χ1) is 6.81. The Morgan fingerprint density at radius 2 is 1.43 bits per heavy atom. The Balaban J connectivity index is 3.10. The summed E-state index contributed by atoms with van der Waals surface area (Å²) in [7, 11) is 0. The summed E-state index contributed by atoms with van der Waals surface area (Å²) in [5.41, 5.74) is 0. The van der Waals surface area contributed by atoms with Gasteiger partial charge in [-0.05, 0) is 12.8 Å². The van der Waals surface area contributed by atoms with Gasteiger partial charge in [-0.2, -0.15) is 4.21 Å². The number of hydrogen-bond donors (Lipinski definition) is 0. The highest BCUT2D eigenvalue weighted by molar-refractivity contribution is 7.75. The van der Waals surface area contributed by atoms with Crippen molar-refractivity contribution in [2.24, 2.45) is 0 Å². The fourth-order valence-corrected chi connectivity index (χ4v) is 1.54. The molecule has 0 bridgehead atoms. The summed E-state index contributed by atoms with van der Waals surface area (Å²) in [6.45, 7) is 5.29. The van der Waals surface area contributed by atoms with Gasteiger partial charge in [-0.25, -0.2) is 0 Å². The van der Waals surface area contributed by atoms with Crippen LogP contribution in [0.1, 0.15) is 52.4 Å². The monoisotopic (exact) mass is 222 g/mol. The molecule has 0 aromatic rings. The molecule has 0 aliphatic carbocycles. The lowest BCUT2D eigenvalue weighted by atomic mass is 10.2. The van der Waals surface area contributed by atoms with E-state index in [0.29, 0.717) is 13.2 Å². The van der Waals surface area contributed by atoms with Crippen molar-refractivity contribution in [3.8, 4) is 0 Å². The minimum Gasteiger partial charge on any atom is -0.268 e. The third kappa shape index (κ3) is 10.2. The summed E-state index contributed by atoms with van der Waals surface area (Å²) >= 11 is -1.53. The van der Waals surface area contributed by atoms with Gasteiger partial charge in [-0.3, -0.25) is 8.37 Å². The molecule has 0 radical (unpaired) electrons. The summed E-state index contributed by atoms with van der Waals surface area (Å²) in [4.78, 5) is 0. The van der Waals surface area contributed by atoms with Gasteiger partial charge in [0.15, 0.2) is 0 Å². The topological polar surface area (TPSA) is 35.5 Å². The van der Waals surface area contributed by atoms with Crippen LogP contribution in [0.5, 0.6) is 0 Å². The second-order valence-electron chi connectivity index (χ2n) is 3.26. The van der Waals surface area contributed by atoms with Crippen LogP contribution >= 0.6 is 0 Å². The van der Waals surface area contributed by atoms with Gasteiger partial charge in [0.1, 0.15) is 0 Å². The molecule has 0 heterocycles. The smallest absolute Gasteiger partial charge is 0.268 e. The van der Waals surface area contributed by atoms with Crippen LogP contribution in [0.25, 0.3) is 0 Å². The molecule has 0 aromatic carbocycles. The van der Waals surface area contributed by atoms with Crippen LogP contribution in [-0.2, 0) is 19.7 Å². The predicted molar refractivity (Wildman–Crippen MR) is 59.1 cm³/mol. The van der Waals surface area contributed by atoms with Crippen LogP contribution in [0, 0.1) is 0 Å². The molecule has 1 atom stereocenters. The molecule has 0 fully saturated rings. The van der Waals surface area contributed by atoms with Gasteiger partial charge in [0.05, 0.1) is 13.2 Å². The Bertz CT molecular complexity index is 139. The van der Waals surface area contributed by atoms with Crippen molar-refractivity contribution in [3.63, 3.8) is 0 Å². The maximum absolute atomic E-state index is 11.0. The Morgan fingerprint density at radius 1 is 0.857 bits per heavy atom. The van der Waals surface area contributed by atoms with Crippen molar-refractivity contribution < 1.29 is 12.6 Å². The first kappa shape index (κ1) is 14.1. The van der Waals surface area contributed by atoms with Crippen molar-refractivity contribution >= 4 is 11.4 Å². The number of rotatable bonds is 10. The third-order valence-electron chi connectivity index (χ3n) is 1.85. The lowest BCUT2D eigenvalue weighted by Gasteiger charge is -2.02. The molecule has 0 aromatic heterocycles. The first-order valence-corrected chi connectivity index (χ1v) is 6.49. The highest BCUT2D eigenvalue weighted by atomic mass is 32.2. The zero-order valence-electron chi connectivity index (χ0n) is 9.29. The van der Waals surface area contributed by atoms with Gasteiger partial charge >= 0.3 is 11.4 Å². The number of hydrogen-bond acceptors (Lipinski definition) is 3. The number of unbranched alkanes of at least 4 members (excludes halogenated alkanes) is 4. The molecule has 1 unspecified atom stereocenters. The molecule has 4 heteroatoms. The van der Waals surface area contributed by atoms with Crippen molar-refractivity contribution in [1.29, 1.82) is 0 Å². The van der Waals surface area contributed by atoms with Crippen LogP contribution in [0.3, 0.4) is 0 Å². The molecular formula is C10H22O3S. The Kier molecular flexibility index (Phi) is 11.2. The second kappa shape index (κ2) is 11.1. The fourth-order valence-electron chi connectivity index (χ4n) is 0.961. The summed E-state index contributed by atoms with van der Waals surface area (Å²) in [6.07, 6.45) is 6.51. The zero-order chi connectivity index (χ0) is 10.6. The minimum atomic E-state index is -1.53. The van der Waals surface area contributed by atoms with Crippen LogP contribution < -0.4 is 0 Å². The quantitative estimate of drug-likeness (QED) is 0.533. The Labute approximate surface area is 90.0 Å². The van der Waals surface area contributed by atoms with Crippen molar-refractivity contribution in [1.82, 2.24) is 0 Å². The van der Waals surface area contributed by atoms with Gasteiger partial charge in [0.2, 0.25) is 0 Å². The molecule has 0 saturated carbocycles. The average Bonchev–Trinajstić information content (AvgIpc) is 2.18. The maximum Gasteiger partial charge on any atom is 0.304 e. The van der Waals surface area contributed by atoms with Crippen molar-refractivity contribution in [3.05, 3.63) is 0 Å². The van der Waals surface area contributed by atoms with E-state index < -0.39 is 11.4 Å². The second-order valence-corrected chi connectivity index (χ2v) is 4.14. The summed E-state index contributed by atoms with van der Waals surface area (Å²) in [6, 6.07) is 0. The largest absolute Gasteiger partial charge is 0.304 e. The summed E-state index contributed by atoms with van der Waals surface area (Å²) < 4.78 is 20.9. The van der Waals surface area contributed by atoms with E-state index in [2.05, 4.69) is 13.8 Å². The van der Waals surface area contributed by atoms with Crippen molar-refractivity contribution in [2.75, 3.05) is 13.2 Å². The molecule has 0 rings (SSSR count). The highest BCUT2D eigenvalue weighted by Gasteiger charge is 1.99. The Morgan fingerprint density at radius 3 is 2.00 bits per heavy atom. The molecular weight excluding hydrogens is 200 g/mol. The molecule has 3 nitrogen and oxygen atoms in total. The minimum absolute atomic E-state index is 0.526. The molecule has 86 valence electrons. The first-order valence-electron chi connectivity index (χ1n) is 5.49. The van der Waals surface area contributed by atoms with E-state index in [4.69, 9.17) is 8.37 Å². The molecule has 14 heavy (non-hydrogen) atoms. The molecule has 0 spiro atoms. The summed E-state index contributed by atoms with van der Waals surface area (Å²) in [5, 5.41) is 0. The lowest BCUT2D eigenvalue weighted by Crippen LogP contribution is -2.04. The van der Waals surface area contributed by atoms with Gasteiger partial charge in [0, 0.05) is 0 Å². The van der Waals surface area contributed by atoms with E-state index in [1.54, 1.807) is 0 Å². The fraction of sp³-hybridized carbons (Fsp3) is 1.00. The van der Waals surface area contributed by atoms with Crippen LogP contribution in [0.4, 0.5) is 0 Å². The van der Waals surface area contributed by atoms with Gasteiger partial charge in [0.25, 0.3) is 0 Å². The average molecular weight is 222 g/mol. The standard InChI is InChI=1S/C10H22O3S/c1-3-5-7-8-10-13-14(11)12-9-6-4-2/h3-10H2,1-2H3. The highest BCUT2D eigenvalue weighted by Crippen LogP contribution is 2.01. The zero-order valence-corrected chi connectivity index (χ0v) is 10.1. The normalized spacial score (nSPS) is 13.0. The Hall–Kier alpha value is 0.0700.